The topological polar surface area (TPSA) is 40.5 Å². The van der Waals surface area contributed by atoms with Gasteiger partial charge in [0.05, 0.1) is 10.6 Å². The first-order valence-corrected chi connectivity index (χ1v) is 5.97. The van der Waals surface area contributed by atoms with Crippen molar-refractivity contribution >= 4 is 17.5 Å². The monoisotopic (exact) mass is 295 g/mol. The van der Waals surface area contributed by atoms with Gasteiger partial charge < -0.3 is 10.0 Å². The van der Waals surface area contributed by atoms with E-state index in [1.165, 1.54) is 12.1 Å². The van der Waals surface area contributed by atoms with Crippen molar-refractivity contribution in [3.63, 3.8) is 0 Å². The number of hydrogen-bond donors (Lipinski definition) is 1. The molecule has 1 aromatic carbocycles. The van der Waals surface area contributed by atoms with Gasteiger partial charge in [0.25, 0.3) is 5.91 Å². The number of benzene rings is 1. The van der Waals surface area contributed by atoms with Gasteiger partial charge in [-0.15, -0.1) is 0 Å². The molecule has 7 heteroatoms. The molecule has 0 bridgehead atoms. The van der Waals surface area contributed by atoms with Crippen LogP contribution in [0.4, 0.5) is 13.2 Å². The standard InChI is InChI=1S/C12H13ClF3NO2/c1-2-5-17(7-12(14,15)16)11(19)9-6-8(18)3-4-10(9)13/h3-4,6,18H,2,5,7H2,1H3. The average Bonchev–Trinajstić information content (AvgIpc) is 2.29. The van der Waals surface area contributed by atoms with E-state index in [0.29, 0.717) is 11.3 Å². The van der Waals surface area contributed by atoms with Crippen LogP contribution in [0.25, 0.3) is 0 Å². The molecule has 0 aromatic heterocycles. The fraction of sp³-hybridized carbons (Fsp3) is 0.417. The number of hydrogen-bond acceptors (Lipinski definition) is 2. The smallest absolute Gasteiger partial charge is 0.406 e. The number of halogens is 4. The van der Waals surface area contributed by atoms with Gasteiger partial charge in [0.2, 0.25) is 0 Å². The second-order valence-corrected chi connectivity index (χ2v) is 4.41. The Morgan fingerprint density at radius 3 is 2.58 bits per heavy atom. The molecular formula is C12H13ClF3NO2. The Morgan fingerprint density at radius 1 is 1.42 bits per heavy atom. The second-order valence-electron chi connectivity index (χ2n) is 4.01. The zero-order valence-corrected chi connectivity index (χ0v) is 10.9. The van der Waals surface area contributed by atoms with Gasteiger partial charge in [0, 0.05) is 6.54 Å². The van der Waals surface area contributed by atoms with E-state index < -0.39 is 18.6 Å². The second kappa shape index (κ2) is 6.14. The predicted octanol–water partition coefficient (Wildman–Crippen LogP) is 3.46. The highest BCUT2D eigenvalue weighted by atomic mass is 35.5. The van der Waals surface area contributed by atoms with E-state index in [1.807, 2.05) is 0 Å². The molecule has 0 saturated carbocycles. The van der Waals surface area contributed by atoms with Crippen LogP contribution in [-0.4, -0.2) is 35.2 Å². The zero-order valence-electron chi connectivity index (χ0n) is 10.2. The molecule has 0 unspecified atom stereocenters. The van der Waals surface area contributed by atoms with Crippen LogP contribution in [-0.2, 0) is 0 Å². The lowest BCUT2D eigenvalue weighted by Crippen LogP contribution is -2.39. The van der Waals surface area contributed by atoms with E-state index >= 15 is 0 Å². The normalized spacial score (nSPS) is 11.4. The van der Waals surface area contributed by atoms with Gasteiger partial charge >= 0.3 is 6.18 Å². The van der Waals surface area contributed by atoms with Gasteiger partial charge in [-0.2, -0.15) is 13.2 Å². The van der Waals surface area contributed by atoms with E-state index in [1.54, 1.807) is 6.92 Å². The molecule has 1 aromatic rings. The number of amides is 1. The Bertz CT molecular complexity index is 463. The quantitative estimate of drug-likeness (QED) is 0.924. The van der Waals surface area contributed by atoms with Crippen molar-refractivity contribution in [1.82, 2.24) is 4.90 Å². The summed E-state index contributed by atoms with van der Waals surface area (Å²) in [7, 11) is 0. The molecule has 0 aliphatic carbocycles. The van der Waals surface area contributed by atoms with Crippen LogP contribution in [0, 0.1) is 0 Å². The van der Waals surface area contributed by atoms with E-state index in [4.69, 9.17) is 11.6 Å². The van der Waals surface area contributed by atoms with Crippen LogP contribution in [0.2, 0.25) is 5.02 Å². The molecule has 0 fully saturated rings. The number of carbonyl (C=O) groups excluding carboxylic acids is 1. The highest BCUT2D eigenvalue weighted by Gasteiger charge is 2.33. The molecule has 0 radical (unpaired) electrons. The van der Waals surface area contributed by atoms with Gasteiger partial charge in [-0.3, -0.25) is 4.79 Å². The van der Waals surface area contributed by atoms with Crippen LogP contribution in [0.1, 0.15) is 23.7 Å². The van der Waals surface area contributed by atoms with Crippen molar-refractivity contribution < 1.29 is 23.1 Å². The summed E-state index contributed by atoms with van der Waals surface area (Å²) in [6.45, 7) is 0.288. The van der Waals surface area contributed by atoms with Crippen molar-refractivity contribution in [2.45, 2.75) is 19.5 Å². The minimum absolute atomic E-state index is 0.00563. The van der Waals surface area contributed by atoms with Crippen molar-refractivity contribution in [1.29, 1.82) is 0 Å². The van der Waals surface area contributed by atoms with Gasteiger partial charge in [-0.1, -0.05) is 18.5 Å². The molecule has 3 nitrogen and oxygen atoms in total. The van der Waals surface area contributed by atoms with Gasteiger partial charge in [0.15, 0.2) is 0 Å². The van der Waals surface area contributed by atoms with Crippen molar-refractivity contribution in [2.75, 3.05) is 13.1 Å². The third-order valence-corrected chi connectivity index (χ3v) is 2.66. The van der Waals surface area contributed by atoms with Crippen LogP contribution in [0.15, 0.2) is 18.2 Å². The van der Waals surface area contributed by atoms with Gasteiger partial charge in [0.1, 0.15) is 12.3 Å². The largest absolute Gasteiger partial charge is 0.508 e. The maximum absolute atomic E-state index is 12.4. The number of phenols is 1. The summed E-state index contributed by atoms with van der Waals surface area (Å²) < 4.78 is 37.2. The zero-order chi connectivity index (χ0) is 14.6. The number of aromatic hydroxyl groups is 1. The molecule has 1 rings (SSSR count). The van der Waals surface area contributed by atoms with Crippen LogP contribution in [0.3, 0.4) is 0 Å². The molecule has 0 spiro atoms. The van der Waals surface area contributed by atoms with Crippen LogP contribution < -0.4 is 0 Å². The molecule has 0 heterocycles. The summed E-state index contributed by atoms with van der Waals surface area (Å²) in [6, 6.07) is 3.58. The highest BCUT2D eigenvalue weighted by Crippen LogP contribution is 2.24. The first kappa shape index (κ1) is 15.6. The Hall–Kier alpha value is -1.43. The Kier molecular flexibility index (Phi) is 5.05. The summed E-state index contributed by atoms with van der Waals surface area (Å²) in [6.07, 6.45) is -4.09. The van der Waals surface area contributed by atoms with Crippen LogP contribution in [0.5, 0.6) is 5.75 Å². The van der Waals surface area contributed by atoms with Gasteiger partial charge in [-0.05, 0) is 24.6 Å². The van der Waals surface area contributed by atoms with Crippen LogP contribution >= 0.6 is 11.6 Å². The summed E-state index contributed by atoms with van der Waals surface area (Å²) in [4.78, 5) is 12.7. The third kappa shape index (κ3) is 4.63. The molecule has 0 aliphatic heterocycles. The fourth-order valence-electron chi connectivity index (χ4n) is 1.59. The maximum Gasteiger partial charge on any atom is 0.406 e. The average molecular weight is 296 g/mol. The minimum atomic E-state index is -4.48. The van der Waals surface area contributed by atoms with Gasteiger partial charge in [-0.25, -0.2) is 0 Å². The molecule has 0 atom stereocenters. The van der Waals surface area contributed by atoms with E-state index in [-0.39, 0.29) is 22.9 Å². The van der Waals surface area contributed by atoms with Crippen molar-refractivity contribution in [3.8, 4) is 5.75 Å². The minimum Gasteiger partial charge on any atom is -0.508 e. The van der Waals surface area contributed by atoms with E-state index in [2.05, 4.69) is 0 Å². The lowest BCUT2D eigenvalue weighted by molar-refractivity contribution is -0.140. The molecule has 0 saturated heterocycles. The summed E-state index contributed by atoms with van der Waals surface area (Å²) in [5, 5.41) is 9.28. The number of alkyl halides is 3. The maximum atomic E-state index is 12.4. The fourth-order valence-corrected chi connectivity index (χ4v) is 1.78. The predicted molar refractivity (Wildman–Crippen MR) is 65.4 cm³/mol. The number of carbonyl (C=O) groups is 1. The summed E-state index contributed by atoms with van der Waals surface area (Å²) in [5.74, 6) is -1.07. The number of rotatable bonds is 4. The molecule has 1 amide bonds. The Balaban J connectivity index is 3.02. The molecule has 106 valence electrons. The molecule has 19 heavy (non-hydrogen) atoms. The lowest BCUT2D eigenvalue weighted by Gasteiger charge is -2.23. The third-order valence-electron chi connectivity index (χ3n) is 2.33. The Labute approximate surface area is 113 Å². The lowest BCUT2D eigenvalue weighted by atomic mass is 10.1. The highest BCUT2D eigenvalue weighted by molar-refractivity contribution is 6.33. The SMILES string of the molecule is CCCN(CC(F)(F)F)C(=O)c1cc(O)ccc1Cl. The first-order chi connectivity index (χ1) is 8.74. The number of nitrogens with zero attached hydrogens (tertiary/aromatic N) is 1. The van der Waals surface area contributed by atoms with E-state index in [9.17, 15) is 23.1 Å². The summed E-state index contributed by atoms with van der Waals surface area (Å²) in [5.41, 5.74) is -0.139. The Morgan fingerprint density at radius 2 is 2.05 bits per heavy atom. The van der Waals surface area contributed by atoms with E-state index in [0.717, 1.165) is 6.07 Å². The van der Waals surface area contributed by atoms with Crippen molar-refractivity contribution in [3.05, 3.63) is 28.8 Å². The first-order valence-electron chi connectivity index (χ1n) is 5.59. The summed E-state index contributed by atoms with van der Waals surface area (Å²) >= 11 is 5.77. The molecular weight excluding hydrogens is 283 g/mol. The molecule has 1 N–H and O–H groups in total. The number of phenolic OH excluding ortho intramolecular Hbond substituents is 1. The van der Waals surface area contributed by atoms with Crippen molar-refractivity contribution in [2.24, 2.45) is 0 Å². The molecule has 0 aliphatic rings.